The summed E-state index contributed by atoms with van der Waals surface area (Å²) in [5, 5.41) is 8.91. The van der Waals surface area contributed by atoms with E-state index in [2.05, 4.69) is 10.2 Å². The van der Waals surface area contributed by atoms with Gasteiger partial charge in [-0.1, -0.05) is 0 Å². The maximum Gasteiger partial charge on any atom is 0.195 e. The standard InChI is InChI=1S/C13H17FN4S/c1-8(15)6-10-7-11(14)4-5-12(10)19-13-17-16-9(2)18(13)3/h4-5,7-8H,6,15H2,1-3H3. The molecule has 1 aromatic carbocycles. The number of aryl methyl sites for hydroxylation is 1. The van der Waals surface area contributed by atoms with Crippen LogP contribution in [0.2, 0.25) is 0 Å². The molecule has 0 radical (unpaired) electrons. The van der Waals surface area contributed by atoms with E-state index in [0.29, 0.717) is 6.42 Å². The molecule has 6 heteroatoms. The third-order valence-electron chi connectivity index (χ3n) is 2.82. The highest BCUT2D eigenvalue weighted by molar-refractivity contribution is 7.99. The van der Waals surface area contributed by atoms with Gasteiger partial charge in [0.25, 0.3) is 0 Å². The molecule has 19 heavy (non-hydrogen) atoms. The molecule has 0 saturated heterocycles. The van der Waals surface area contributed by atoms with Gasteiger partial charge in [0.05, 0.1) is 0 Å². The maximum atomic E-state index is 13.3. The Labute approximate surface area is 116 Å². The lowest BCUT2D eigenvalue weighted by Gasteiger charge is -2.11. The zero-order chi connectivity index (χ0) is 14.0. The Morgan fingerprint density at radius 2 is 2.16 bits per heavy atom. The van der Waals surface area contributed by atoms with Gasteiger partial charge in [-0.2, -0.15) is 0 Å². The van der Waals surface area contributed by atoms with Crippen molar-refractivity contribution >= 4 is 11.8 Å². The number of benzene rings is 1. The molecule has 2 N–H and O–H groups in total. The van der Waals surface area contributed by atoms with Crippen LogP contribution in [0.25, 0.3) is 0 Å². The average molecular weight is 280 g/mol. The lowest BCUT2D eigenvalue weighted by Crippen LogP contribution is -2.18. The number of aromatic nitrogens is 3. The van der Waals surface area contributed by atoms with E-state index in [-0.39, 0.29) is 11.9 Å². The number of hydrogen-bond donors (Lipinski definition) is 1. The quantitative estimate of drug-likeness (QED) is 0.933. The van der Waals surface area contributed by atoms with Crippen LogP contribution in [0, 0.1) is 12.7 Å². The summed E-state index contributed by atoms with van der Waals surface area (Å²) in [7, 11) is 1.91. The van der Waals surface area contributed by atoms with Crippen molar-refractivity contribution in [2.24, 2.45) is 12.8 Å². The van der Waals surface area contributed by atoms with Crippen molar-refractivity contribution in [2.75, 3.05) is 0 Å². The highest BCUT2D eigenvalue weighted by Crippen LogP contribution is 2.30. The van der Waals surface area contributed by atoms with Gasteiger partial charge in [-0.05, 0) is 55.8 Å². The van der Waals surface area contributed by atoms with Crippen LogP contribution >= 0.6 is 11.8 Å². The Kier molecular flexibility index (Phi) is 4.21. The number of rotatable bonds is 4. The fraction of sp³-hybridized carbons (Fsp3) is 0.385. The van der Waals surface area contributed by atoms with E-state index < -0.39 is 0 Å². The van der Waals surface area contributed by atoms with Gasteiger partial charge in [0.1, 0.15) is 11.6 Å². The first-order valence-electron chi connectivity index (χ1n) is 6.05. The van der Waals surface area contributed by atoms with Crippen molar-refractivity contribution in [1.82, 2.24) is 14.8 Å². The van der Waals surface area contributed by atoms with Gasteiger partial charge in [0.15, 0.2) is 5.16 Å². The predicted molar refractivity (Wildman–Crippen MR) is 73.6 cm³/mol. The van der Waals surface area contributed by atoms with E-state index in [1.165, 1.54) is 23.9 Å². The average Bonchev–Trinajstić information content (AvgIpc) is 2.64. The summed E-state index contributed by atoms with van der Waals surface area (Å²) in [4.78, 5) is 0.967. The summed E-state index contributed by atoms with van der Waals surface area (Å²) in [5.74, 6) is 0.604. The van der Waals surface area contributed by atoms with Gasteiger partial charge < -0.3 is 10.3 Å². The van der Waals surface area contributed by atoms with E-state index in [1.54, 1.807) is 6.07 Å². The molecule has 102 valence electrons. The molecule has 0 saturated carbocycles. The Hall–Kier alpha value is -1.40. The Bertz CT molecular complexity index is 580. The van der Waals surface area contributed by atoms with Crippen molar-refractivity contribution in [3.8, 4) is 0 Å². The second-order valence-corrected chi connectivity index (χ2v) is 5.63. The van der Waals surface area contributed by atoms with Crippen LogP contribution in [0.3, 0.4) is 0 Å². The van der Waals surface area contributed by atoms with Gasteiger partial charge in [-0.3, -0.25) is 0 Å². The highest BCUT2D eigenvalue weighted by atomic mass is 32.2. The second-order valence-electron chi connectivity index (χ2n) is 4.62. The van der Waals surface area contributed by atoms with Crippen LogP contribution in [0.4, 0.5) is 4.39 Å². The first-order chi connectivity index (χ1) is 8.97. The van der Waals surface area contributed by atoms with Gasteiger partial charge >= 0.3 is 0 Å². The molecule has 0 aliphatic heterocycles. The fourth-order valence-electron chi connectivity index (χ4n) is 1.73. The first-order valence-corrected chi connectivity index (χ1v) is 6.87. The van der Waals surface area contributed by atoms with Crippen LogP contribution in [0.1, 0.15) is 18.3 Å². The summed E-state index contributed by atoms with van der Waals surface area (Å²) < 4.78 is 15.2. The minimum absolute atomic E-state index is 0.0117. The van der Waals surface area contributed by atoms with Crippen LogP contribution in [-0.4, -0.2) is 20.8 Å². The van der Waals surface area contributed by atoms with Gasteiger partial charge in [-0.25, -0.2) is 4.39 Å². The van der Waals surface area contributed by atoms with E-state index in [0.717, 1.165) is 21.4 Å². The molecule has 0 aliphatic rings. The largest absolute Gasteiger partial charge is 0.328 e. The Balaban J connectivity index is 2.31. The lowest BCUT2D eigenvalue weighted by molar-refractivity contribution is 0.620. The smallest absolute Gasteiger partial charge is 0.195 e. The number of nitrogens with two attached hydrogens (primary N) is 1. The number of hydrogen-bond acceptors (Lipinski definition) is 4. The third kappa shape index (κ3) is 3.33. The molecule has 4 nitrogen and oxygen atoms in total. The van der Waals surface area contributed by atoms with Crippen LogP contribution < -0.4 is 5.73 Å². The normalized spacial score (nSPS) is 12.7. The van der Waals surface area contributed by atoms with E-state index in [9.17, 15) is 4.39 Å². The van der Waals surface area contributed by atoms with Crippen LogP contribution in [-0.2, 0) is 13.5 Å². The molecule has 1 heterocycles. The molecular weight excluding hydrogens is 263 g/mol. The van der Waals surface area contributed by atoms with E-state index >= 15 is 0 Å². The molecule has 0 spiro atoms. The molecule has 0 amide bonds. The third-order valence-corrected chi connectivity index (χ3v) is 3.97. The molecule has 0 fully saturated rings. The molecular formula is C13H17FN4S. The first kappa shape index (κ1) is 14.0. The lowest BCUT2D eigenvalue weighted by atomic mass is 10.1. The van der Waals surface area contributed by atoms with Crippen molar-refractivity contribution in [2.45, 2.75) is 36.4 Å². The van der Waals surface area contributed by atoms with E-state index in [1.807, 2.05) is 25.5 Å². The molecule has 2 aromatic rings. The fourth-order valence-corrected chi connectivity index (χ4v) is 2.69. The van der Waals surface area contributed by atoms with Crippen molar-refractivity contribution in [3.05, 3.63) is 35.4 Å². The summed E-state index contributed by atoms with van der Waals surface area (Å²) in [6, 6.07) is 4.75. The van der Waals surface area contributed by atoms with Crippen molar-refractivity contribution in [3.63, 3.8) is 0 Å². The molecule has 0 aliphatic carbocycles. The summed E-state index contributed by atoms with van der Waals surface area (Å²) in [6.07, 6.45) is 0.636. The zero-order valence-electron chi connectivity index (χ0n) is 11.2. The van der Waals surface area contributed by atoms with Crippen molar-refractivity contribution in [1.29, 1.82) is 0 Å². The highest BCUT2D eigenvalue weighted by Gasteiger charge is 2.12. The monoisotopic (exact) mass is 280 g/mol. The maximum absolute atomic E-state index is 13.3. The van der Waals surface area contributed by atoms with Crippen LogP contribution in [0.15, 0.2) is 28.3 Å². The van der Waals surface area contributed by atoms with Gasteiger partial charge in [-0.15, -0.1) is 10.2 Å². The topological polar surface area (TPSA) is 56.7 Å². The number of nitrogens with zero attached hydrogens (tertiary/aromatic N) is 3. The van der Waals surface area contributed by atoms with Crippen LogP contribution in [0.5, 0.6) is 0 Å². The minimum Gasteiger partial charge on any atom is -0.328 e. The summed E-state index contributed by atoms with van der Waals surface area (Å²) in [6.45, 7) is 3.80. The Morgan fingerprint density at radius 3 is 2.74 bits per heavy atom. The molecule has 1 atom stereocenters. The van der Waals surface area contributed by atoms with Gasteiger partial charge in [0, 0.05) is 18.0 Å². The minimum atomic E-state index is -0.242. The second kappa shape index (κ2) is 5.71. The van der Waals surface area contributed by atoms with E-state index in [4.69, 9.17) is 5.73 Å². The number of halogens is 1. The molecule has 1 unspecified atom stereocenters. The SMILES string of the molecule is Cc1nnc(Sc2ccc(F)cc2CC(C)N)n1C. The molecule has 2 rings (SSSR count). The summed E-state index contributed by atoms with van der Waals surface area (Å²) in [5.41, 5.74) is 6.71. The Morgan fingerprint density at radius 1 is 1.42 bits per heavy atom. The predicted octanol–water partition coefficient (Wildman–Crippen LogP) is 2.30. The molecule has 1 aromatic heterocycles. The van der Waals surface area contributed by atoms with Gasteiger partial charge in [0.2, 0.25) is 0 Å². The zero-order valence-corrected chi connectivity index (χ0v) is 12.0. The van der Waals surface area contributed by atoms with Crippen molar-refractivity contribution < 1.29 is 4.39 Å². The summed E-state index contributed by atoms with van der Waals surface area (Å²) >= 11 is 1.48. The molecule has 0 bridgehead atoms.